The minimum atomic E-state index is -0.233. The first-order chi connectivity index (χ1) is 5.93. The molecule has 0 amide bonds. The second-order valence-corrected chi connectivity index (χ2v) is 3.73. The number of hydrogen-bond acceptors (Lipinski definition) is 1. The van der Waals surface area contributed by atoms with Crippen molar-refractivity contribution in [3.8, 4) is 0 Å². The molecule has 12 heavy (non-hydrogen) atoms. The topological polar surface area (TPSA) is 12.0 Å². The number of nitrogens with one attached hydrogen (secondary N) is 1. The molecule has 0 heterocycles. The summed E-state index contributed by atoms with van der Waals surface area (Å²) in [4.78, 5) is 0. The maximum Gasteiger partial charge on any atom is 0.102 e. The van der Waals surface area contributed by atoms with Gasteiger partial charge in [0.05, 0.1) is 0 Å². The molecule has 1 fully saturated rings. The standard InChI is InChI=1S/C10H20FN/c11-7-9-12-8-3-6-10-4-1-2-5-10/h10,12H,1-9H2. The van der Waals surface area contributed by atoms with E-state index in [0.717, 1.165) is 12.5 Å². The van der Waals surface area contributed by atoms with E-state index in [4.69, 9.17) is 0 Å². The van der Waals surface area contributed by atoms with Crippen LogP contribution < -0.4 is 5.32 Å². The zero-order valence-corrected chi connectivity index (χ0v) is 7.82. The van der Waals surface area contributed by atoms with Crippen LogP contribution in [0.3, 0.4) is 0 Å². The maximum absolute atomic E-state index is 11.7. The molecule has 2 heteroatoms. The quantitative estimate of drug-likeness (QED) is 0.609. The summed E-state index contributed by atoms with van der Waals surface area (Å²) < 4.78 is 11.7. The second kappa shape index (κ2) is 6.41. The van der Waals surface area contributed by atoms with Crippen molar-refractivity contribution < 1.29 is 4.39 Å². The molecule has 0 aromatic heterocycles. The fourth-order valence-electron chi connectivity index (χ4n) is 2.01. The van der Waals surface area contributed by atoms with Crippen LogP contribution in [0.5, 0.6) is 0 Å². The zero-order valence-electron chi connectivity index (χ0n) is 7.82. The highest BCUT2D eigenvalue weighted by Crippen LogP contribution is 2.28. The highest BCUT2D eigenvalue weighted by molar-refractivity contribution is 4.67. The van der Waals surface area contributed by atoms with Gasteiger partial charge < -0.3 is 5.32 Å². The molecule has 1 N–H and O–H groups in total. The largest absolute Gasteiger partial charge is 0.314 e. The molecule has 0 bridgehead atoms. The molecule has 0 aliphatic heterocycles. The molecular formula is C10H20FN. The Morgan fingerprint density at radius 2 is 1.92 bits per heavy atom. The number of hydrogen-bond donors (Lipinski definition) is 1. The predicted octanol–water partition coefficient (Wildman–Crippen LogP) is 2.52. The Morgan fingerprint density at radius 1 is 1.17 bits per heavy atom. The van der Waals surface area contributed by atoms with Crippen molar-refractivity contribution in [1.82, 2.24) is 5.32 Å². The maximum atomic E-state index is 11.7. The lowest BCUT2D eigenvalue weighted by Gasteiger charge is -2.07. The smallest absolute Gasteiger partial charge is 0.102 e. The Morgan fingerprint density at radius 3 is 2.58 bits per heavy atom. The second-order valence-electron chi connectivity index (χ2n) is 3.73. The van der Waals surface area contributed by atoms with Gasteiger partial charge in [0.2, 0.25) is 0 Å². The molecule has 0 spiro atoms. The average Bonchev–Trinajstić information content (AvgIpc) is 2.57. The summed E-state index contributed by atoms with van der Waals surface area (Å²) in [5.41, 5.74) is 0. The van der Waals surface area contributed by atoms with E-state index in [1.807, 2.05) is 0 Å². The molecule has 1 aliphatic rings. The van der Waals surface area contributed by atoms with E-state index in [2.05, 4.69) is 5.32 Å². The molecule has 1 saturated carbocycles. The molecule has 0 aromatic rings. The Hall–Kier alpha value is -0.110. The first-order valence-electron chi connectivity index (χ1n) is 5.20. The predicted molar refractivity (Wildman–Crippen MR) is 50.0 cm³/mol. The van der Waals surface area contributed by atoms with Crippen molar-refractivity contribution in [3.05, 3.63) is 0 Å². The molecular weight excluding hydrogens is 153 g/mol. The molecule has 0 atom stereocenters. The third-order valence-corrected chi connectivity index (χ3v) is 2.71. The summed E-state index contributed by atoms with van der Waals surface area (Å²) in [7, 11) is 0. The van der Waals surface area contributed by atoms with Gasteiger partial charge in [0.15, 0.2) is 0 Å². The summed E-state index contributed by atoms with van der Waals surface area (Å²) in [6.45, 7) is 1.30. The van der Waals surface area contributed by atoms with Gasteiger partial charge >= 0.3 is 0 Å². The van der Waals surface area contributed by atoms with Crippen LogP contribution in [0, 0.1) is 5.92 Å². The lowest BCUT2D eigenvalue weighted by atomic mass is 10.0. The SMILES string of the molecule is FCCNCCCC1CCCC1. The third kappa shape index (κ3) is 4.05. The molecule has 72 valence electrons. The van der Waals surface area contributed by atoms with Gasteiger partial charge in [-0.2, -0.15) is 0 Å². The third-order valence-electron chi connectivity index (χ3n) is 2.71. The van der Waals surface area contributed by atoms with Gasteiger partial charge in [-0.05, 0) is 25.3 Å². The lowest BCUT2D eigenvalue weighted by Crippen LogP contribution is -2.18. The highest BCUT2D eigenvalue weighted by atomic mass is 19.1. The number of halogens is 1. The monoisotopic (exact) mass is 173 g/mol. The summed E-state index contributed by atoms with van der Waals surface area (Å²) in [6.07, 6.45) is 8.31. The van der Waals surface area contributed by atoms with Crippen LogP contribution in [0.15, 0.2) is 0 Å². The molecule has 1 nitrogen and oxygen atoms in total. The minimum absolute atomic E-state index is 0.233. The molecule has 0 aromatic carbocycles. The molecule has 0 unspecified atom stereocenters. The Balaban J connectivity index is 1.81. The van der Waals surface area contributed by atoms with Crippen LogP contribution in [0.2, 0.25) is 0 Å². The van der Waals surface area contributed by atoms with Gasteiger partial charge in [0.25, 0.3) is 0 Å². The molecule has 1 rings (SSSR count). The van der Waals surface area contributed by atoms with Crippen molar-refractivity contribution in [1.29, 1.82) is 0 Å². The van der Waals surface area contributed by atoms with Gasteiger partial charge in [-0.3, -0.25) is 0 Å². The van der Waals surface area contributed by atoms with Crippen LogP contribution in [0.25, 0.3) is 0 Å². The van der Waals surface area contributed by atoms with Gasteiger partial charge in [0.1, 0.15) is 6.67 Å². The zero-order chi connectivity index (χ0) is 8.65. The van der Waals surface area contributed by atoms with E-state index in [1.54, 1.807) is 0 Å². The Kier molecular flexibility index (Phi) is 5.33. The van der Waals surface area contributed by atoms with Gasteiger partial charge in [-0.25, -0.2) is 4.39 Å². The van der Waals surface area contributed by atoms with Crippen molar-refractivity contribution >= 4 is 0 Å². The van der Waals surface area contributed by atoms with Crippen LogP contribution >= 0.6 is 0 Å². The first kappa shape index (κ1) is 9.97. The summed E-state index contributed by atoms with van der Waals surface area (Å²) in [5, 5.41) is 3.08. The highest BCUT2D eigenvalue weighted by Gasteiger charge is 2.13. The van der Waals surface area contributed by atoms with E-state index in [-0.39, 0.29) is 6.67 Å². The summed E-state index contributed by atoms with van der Waals surface area (Å²) in [6, 6.07) is 0. The van der Waals surface area contributed by atoms with E-state index < -0.39 is 0 Å². The van der Waals surface area contributed by atoms with E-state index in [9.17, 15) is 4.39 Å². The van der Waals surface area contributed by atoms with Gasteiger partial charge in [-0.1, -0.05) is 25.7 Å². The van der Waals surface area contributed by atoms with Gasteiger partial charge in [0, 0.05) is 6.54 Å². The van der Waals surface area contributed by atoms with Crippen LogP contribution in [0.1, 0.15) is 38.5 Å². The minimum Gasteiger partial charge on any atom is -0.314 e. The fraction of sp³-hybridized carbons (Fsp3) is 1.00. The van der Waals surface area contributed by atoms with Crippen molar-refractivity contribution in [2.24, 2.45) is 5.92 Å². The Bertz CT molecular complexity index is 100. The fourth-order valence-corrected chi connectivity index (χ4v) is 2.01. The van der Waals surface area contributed by atoms with Gasteiger partial charge in [-0.15, -0.1) is 0 Å². The van der Waals surface area contributed by atoms with E-state index in [0.29, 0.717) is 6.54 Å². The van der Waals surface area contributed by atoms with Crippen molar-refractivity contribution in [3.63, 3.8) is 0 Å². The molecule has 0 saturated heterocycles. The van der Waals surface area contributed by atoms with Crippen molar-refractivity contribution in [2.75, 3.05) is 19.8 Å². The van der Waals surface area contributed by atoms with Crippen LogP contribution in [-0.2, 0) is 0 Å². The average molecular weight is 173 g/mol. The van der Waals surface area contributed by atoms with E-state index >= 15 is 0 Å². The van der Waals surface area contributed by atoms with Crippen molar-refractivity contribution in [2.45, 2.75) is 38.5 Å². The first-order valence-corrected chi connectivity index (χ1v) is 5.20. The lowest BCUT2D eigenvalue weighted by molar-refractivity contribution is 0.441. The number of rotatable bonds is 6. The molecule has 1 aliphatic carbocycles. The summed E-state index contributed by atoms with van der Waals surface area (Å²) in [5.74, 6) is 0.983. The number of alkyl halides is 1. The Labute approximate surface area is 74.7 Å². The molecule has 0 radical (unpaired) electrons. The van der Waals surface area contributed by atoms with Crippen LogP contribution in [-0.4, -0.2) is 19.8 Å². The normalized spacial score (nSPS) is 18.8. The summed E-state index contributed by atoms with van der Waals surface area (Å²) >= 11 is 0. The van der Waals surface area contributed by atoms with E-state index in [1.165, 1.54) is 38.5 Å². The van der Waals surface area contributed by atoms with Crippen LogP contribution in [0.4, 0.5) is 4.39 Å².